The van der Waals surface area contributed by atoms with E-state index in [9.17, 15) is 41.0 Å². The third-order valence-corrected chi connectivity index (χ3v) is 6.50. The van der Waals surface area contributed by atoms with Gasteiger partial charge in [-0.2, -0.15) is 26.3 Å². The monoisotopic (exact) mass is 477 g/mol. The largest absolute Gasteiger partial charge is 0.430 e. The van der Waals surface area contributed by atoms with Gasteiger partial charge in [0.25, 0.3) is 17.3 Å². The van der Waals surface area contributed by atoms with Crippen LogP contribution in [0.3, 0.4) is 0 Å². The molecule has 1 aliphatic heterocycles. The Morgan fingerprint density at radius 1 is 1.03 bits per heavy atom. The molecule has 3 rings (SSSR count). The molecule has 1 atom stereocenters. The fourth-order valence-electron chi connectivity index (χ4n) is 3.30. The van der Waals surface area contributed by atoms with Crippen molar-refractivity contribution in [1.29, 1.82) is 0 Å². The molecule has 2 aromatic carbocycles. The van der Waals surface area contributed by atoms with Gasteiger partial charge in [-0.05, 0) is 18.6 Å². The summed E-state index contributed by atoms with van der Waals surface area (Å²) in [6.07, 6.45) is -11.6. The Hall–Kier alpha value is -2.53. The summed E-state index contributed by atoms with van der Waals surface area (Å²) in [5, 5.41) is 9.32. The number of nitrogens with zero attached hydrogens (tertiary/aromatic N) is 1. The number of alkyl halides is 6. The molecule has 0 spiro atoms. The van der Waals surface area contributed by atoms with Crippen molar-refractivity contribution in [2.24, 2.45) is 0 Å². The normalized spacial score (nSPS) is 17.1. The zero-order chi connectivity index (χ0) is 23.9. The van der Waals surface area contributed by atoms with Crippen LogP contribution in [0.5, 0.6) is 0 Å². The number of Topliss-reactive ketones (excluding diaryl/α,β-unsaturated/α-hetero) is 1. The van der Waals surface area contributed by atoms with E-state index in [1.807, 2.05) is 0 Å². The van der Waals surface area contributed by atoms with Crippen molar-refractivity contribution in [3.8, 4) is 0 Å². The molecule has 11 heteroatoms. The van der Waals surface area contributed by atoms with Gasteiger partial charge in [0.15, 0.2) is 0 Å². The molecular formula is C21H17F6NO3S. The van der Waals surface area contributed by atoms with Crippen LogP contribution in [-0.2, 0) is 10.4 Å². The Kier molecular flexibility index (Phi) is 6.36. The van der Waals surface area contributed by atoms with Crippen molar-refractivity contribution in [2.45, 2.75) is 41.4 Å². The van der Waals surface area contributed by atoms with Crippen molar-refractivity contribution in [3.63, 3.8) is 0 Å². The number of thioether (sulfide) groups is 1. The lowest BCUT2D eigenvalue weighted by Crippen LogP contribution is -2.54. The molecule has 0 aliphatic carbocycles. The average Bonchev–Trinajstić information content (AvgIpc) is 2.75. The number of amides is 1. The minimum Gasteiger partial charge on any atom is -0.369 e. The van der Waals surface area contributed by atoms with E-state index < -0.39 is 35.2 Å². The number of anilines is 1. The number of hydrogen-bond acceptors (Lipinski definition) is 4. The first-order valence-electron chi connectivity index (χ1n) is 9.39. The standard InChI is InChI=1S/C21H17F6NO3S/c1-2-14-11-28(18(30)17(29)12-6-4-3-5-7-12)15-9-8-13(10-16(15)32-14)19(31,20(22,23)24)21(25,26)27/h3-10,14,31H,2,11H2,1H3/t14-/m0/s1. The number of benzene rings is 2. The first kappa shape index (κ1) is 24.1. The maximum Gasteiger partial charge on any atom is 0.430 e. The second-order valence-corrected chi connectivity index (χ2v) is 8.49. The van der Waals surface area contributed by atoms with Crippen molar-refractivity contribution in [1.82, 2.24) is 0 Å². The van der Waals surface area contributed by atoms with Gasteiger partial charge in [0, 0.05) is 27.8 Å². The van der Waals surface area contributed by atoms with Crippen LogP contribution in [0.1, 0.15) is 29.3 Å². The van der Waals surface area contributed by atoms with Crippen LogP contribution in [0.4, 0.5) is 32.0 Å². The predicted octanol–water partition coefficient (Wildman–Crippen LogP) is 5.10. The summed E-state index contributed by atoms with van der Waals surface area (Å²) in [6.45, 7) is 1.78. The van der Waals surface area contributed by atoms with Gasteiger partial charge in [-0.15, -0.1) is 11.8 Å². The molecule has 0 saturated heterocycles. The van der Waals surface area contributed by atoms with Crippen LogP contribution in [0.15, 0.2) is 53.4 Å². The highest BCUT2D eigenvalue weighted by Crippen LogP contribution is 2.52. The van der Waals surface area contributed by atoms with E-state index in [2.05, 4.69) is 0 Å². The third kappa shape index (κ3) is 4.11. The second kappa shape index (κ2) is 8.43. The number of fused-ring (bicyclic) bond motifs is 1. The number of ketones is 1. The molecule has 1 aliphatic rings. The Morgan fingerprint density at radius 3 is 2.16 bits per heavy atom. The van der Waals surface area contributed by atoms with Crippen LogP contribution < -0.4 is 4.90 Å². The highest BCUT2D eigenvalue weighted by molar-refractivity contribution is 8.00. The van der Waals surface area contributed by atoms with Crippen LogP contribution in [0, 0.1) is 0 Å². The molecule has 4 nitrogen and oxygen atoms in total. The zero-order valence-electron chi connectivity index (χ0n) is 16.5. The number of carbonyl (C=O) groups excluding carboxylic acids is 2. The highest BCUT2D eigenvalue weighted by Gasteiger charge is 2.71. The van der Waals surface area contributed by atoms with Crippen LogP contribution >= 0.6 is 11.8 Å². The summed E-state index contributed by atoms with van der Waals surface area (Å²) < 4.78 is 79.6. The molecule has 1 N–H and O–H groups in total. The fraction of sp³-hybridized carbons (Fsp3) is 0.333. The molecule has 0 saturated carbocycles. The molecule has 1 amide bonds. The molecule has 2 aromatic rings. The molecule has 0 radical (unpaired) electrons. The van der Waals surface area contributed by atoms with Crippen molar-refractivity contribution >= 4 is 29.1 Å². The van der Waals surface area contributed by atoms with Gasteiger partial charge in [-0.3, -0.25) is 9.59 Å². The number of halogens is 6. The van der Waals surface area contributed by atoms with E-state index in [1.54, 1.807) is 25.1 Å². The van der Waals surface area contributed by atoms with Crippen molar-refractivity contribution < 1.29 is 41.0 Å². The summed E-state index contributed by atoms with van der Waals surface area (Å²) in [7, 11) is 0. The Balaban J connectivity index is 2.08. The summed E-state index contributed by atoms with van der Waals surface area (Å²) in [4.78, 5) is 26.5. The maximum absolute atomic E-state index is 13.3. The molecule has 0 bridgehead atoms. The maximum atomic E-state index is 13.3. The van der Waals surface area contributed by atoms with Crippen LogP contribution in [-0.4, -0.2) is 40.9 Å². The summed E-state index contributed by atoms with van der Waals surface area (Å²) >= 11 is 0.986. The number of carbonyl (C=O) groups is 2. The fourth-order valence-corrected chi connectivity index (χ4v) is 4.55. The summed E-state index contributed by atoms with van der Waals surface area (Å²) in [6, 6.07) is 9.54. The highest BCUT2D eigenvalue weighted by atomic mass is 32.2. The Morgan fingerprint density at radius 2 is 1.62 bits per heavy atom. The van der Waals surface area contributed by atoms with E-state index >= 15 is 0 Å². The topological polar surface area (TPSA) is 57.6 Å². The smallest absolute Gasteiger partial charge is 0.369 e. The van der Waals surface area contributed by atoms with Gasteiger partial charge >= 0.3 is 12.4 Å². The lowest BCUT2D eigenvalue weighted by molar-refractivity contribution is -0.376. The van der Waals surface area contributed by atoms with E-state index in [-0.39, 0.29) is 27.9 Å². The third-order valence-electron chi connectivity index (χ3n) is 5.10. The predicted molar refractivity (Wildman–Crippen MR) is 106 cm³/mol. The van der Waals surface area contributed by atoms with Crippen molar-refractivity contribution in [2.75, 3.05) is 11.4 Å². The van der Waals surface area contributed by atoms with Gasteiger partial charge in [0.05, 0.1) is 5.69 Å². The van der Waals surface area contributed by atoms with Crippen LogP contribution in [0.2, 0.25) is 0 Å². The quantitative estimate of drug-likeness (QED) is 0.378. The van der Waals surface area contributed by atoms with E-state index in [0.717, 1.165) is 22.7 Å². The SMILES string of the molecule is CC[C@H]1CN(C(=O)C(=O)c2ccccc2)c2ccc(C(O)(C(F)(F)F)C(F)(F)F)cc2S1. The molecule has 0 unspecified atom stereocenters. The number of rotatable bonds is 4. The van der Waals surface area contributed by atoms with Gasteiger partial charge in [-0.25, -0.2) is 0 Å². The summed E-state index contributed by atoms with van der Waals surface area (Å²) in [5.74, 6) is -1.81. The zero-order valence-corrected chi connectivity index (χ0v) is 17.3. The van der Waals surface area contributed by atoms with Gasteiger partial charge in [0.1, 0.15) is 0 Å². The van der Waals surface area contributed by atoms with E-state index in [0.29, 0.717) is 18.6 Å². The van der Waals surface area contributed by atoms with Crippen molar-refractivity contribution in [3.05, 3.63) is 59.7 Å². The summed E-state index contributed by atoms with van der Waals surface area (Å²) in [5.41, 5.74) is -6.39. The first-order valence-corrected chi connectivity index (χ1v) is 10.3. The lowest BCUT2D eigenvalue weighted by atomic mass is 9.92. The second-order valence-electron chi connectivity index (χ2n) is 7.15. The molecule has 1 heterocycles. The Labute approximate surface area is 183 Å². The molecule has 0 fully saturated rings. The van der Waals surface area contributed by atoms with E-state index in [4.69, 9.17) is 0 Å². The lowest BCUT2D eigenvalue weighted by Gasteiger charge is -2.36. The van der Waals surface area contributed by atoms with Gasteiger partial charge in [0.2, 0.25) is 0 Å². The Bertz CT molecular complexity index is 1010. The van der Waals surface area contributed by atoms with E-state index in [1.165, 1.54) is 12.1 Å². The minimum absolute atomic E-state index is 0.00410. The average molecular weight is 477 g/mol. The molecule has 0 aromatic heterocycles. The van der Waals surface area contributed by atoms with Gasteiger partial charge < -0.3 is 10.0 Å². The van der Waals surface area contributed by atoms with Crippen LogP contribution in [0.25, 0.3) is 0 Å². The molecular weight excluding hydrogens is 460 g/mol. The molecule has 32 heavy (non-hydrogen) atoms. The number of hydrogen-bond donors (Lipinski definition) is 1. The minimum atomic E-state index is -6.03. The number of aliphatic hydroxyl groups is 1. The molecule has 172 valence electrons. The first-order chi connectivity index (χ1) is 14.8. The van der Waals surface area contributed by atoms with Gasteiger partial charge in [-0.1, -0.05) is 43.3 Å².